The van der Waals surface area contributed by atoms with E-state index in [0.29, 0.717) is 6.54 Å². The monoisotopic (exact) mass is 316 g/mol. The van der Waals surface area contributed by atoms with Crippen LogP contribution in [0, 0.1) is 19.8 Å². The molecule has 0 aromatic heterocycles. The predicted octanol–water partition coefficient (Wildman–Crippen LogP) is 2.79. The lowest BCUT2D eigenvalue weighted by Gasteiger charge is -2.33. The fourth-order valence-electron chi connectivity index (χ4n) is 3.44. The van der Waals surface area contributed by atoms with Gasteiger partial charge < -0.3 is 10.2 Å². The number of hydrogen-bond acceptors (Lipinski definition) is 3. The Morgan fingerprint density at radius 1 is 1.26 bits per heavy atom. The van der Waals surface area contributed by atoms with E-state index in [-0.39, 0.29) is 17.6 Å². The van der Waals surface area contributed by atoms with Gasteiger partial charge in [-0.3, -0.25) is 9.59 Å². The molecule has 1 atom stereocenters. The summed E-state index contributed by atoms with van der Waals surface area (Å²) >= 11 is 0. The first-order valence-corrected chi connectivity index (χ1v) is 8.44. The first kappa shape index (κ1) is 17.5. The molecular formula is C19H28N2O2. The third-order valence-electron chi connectivity index (χ3n) is 4.54. The van der Waals surface area contributed by atoms with Gasteiger partial charge in [-0.2, -0.15) is 0 Å². The maximum Gasteiger partial charge on any atom is 0.240 e. The molecule has 0 radical (unpaired) electrons. The third kappa shape index (κ3) is 4.12. The number of carbonyl (C=O) groups excluding carboxylic acids is 2. The van der Waals surface area contributed by atoms with Crippen molar-refractivity contribution in [1.82, 2.24) is 5.32 Å². The number of anilines is 1. The van der Waals surface area contributed by atoms with Crippen molar-refractivity contribution in [3.63, 3.8) is 0 Å². The lowest BCUT2D eigenvalue weighted by Crippen LogP contribution is -2.48. The highest BCUT2D eigenvalue weighted by Crippen LogP contribution is 2.30. The molecule has 0 unspecified atom stereocenters. The fraction of sp³-hybridized carbons (Fsp3) is 0.579. The highest BCUT2D eigenvalue weighted by molar-refractivity contribution is 5.89. The summed E-state index contributed by atoms with van der Waals surface area (Å²) in [7, 11) is 0. The molecule has 1 aromatic carbocycles. The normalized spacial score (nSPS) is 15.3. The Kier molecular flexibility index (Phi) is 5.45. The van der Waals surface area contributed by atoms with Gasteiger partial charge >= 0.3 is 0 Å². The second-order valence-electron chi connectivity index (χ2n) is 7.00. The van der Waals surface area contributed by atoms with E-state index in [9.17, 15) is 9.59 Å². The zero-order valence-electron chi connectivity index (χ0n) is 14.9. The van der Waals surface area contributed by atoms with Crippen molar-refractivity contribution in [3.05, 3.63) is 28.8 Å². The van der Waals surface area contributed by atoms with Crippen LogP contribution in [0.2, 0.25) is 0 Å². The van der Waals surface area contributed by atoms with Crippen molar-refractivity contribution >= 4 is 17.4 Å². The molecule has 2 rings (SSSR count). The minimum atomic E-state index is -0.397. The summed E-state index contributed by atoms with van der Waals surface area (Å²) in [4.78, 5) is 26.2. The maximum absolute atomic E-state index is 12.4. The van der Waals surface area contributed by atoms with Gasteiger partial charge in [-0.25, -0.2) is 0 Å². The number of nitrogens with zero attached hydrogens (tertiary/aromatic N) is 1. The molecule has 1 N–H and O–H groups in total. The lowest BCUT2D eigenvalue weighted by atomic mass is 9.95. The number of aryl methyl sites for hydroxylation is 2. The zero-order valence-corrected chi connectivity index (χ0v) is 14.9. The Morgan fingerprint density at radius 2 is 1.96 bits per heavy atom. The van der Waals surface area contributed by atoms with E-state index >= 15 is 0 Å². The summed E-state index contributed by atoms with van der Waals surface area (Å²) in [5, 5.41) is 2.89. The van der Waals surface area contributed by atoms with Gasteiger partial charge in [0.1, 0.15) is 0 Å². The molecule has 0 saturated heterocycles. The van der Waals surface area contributed by atoms with Gasteiger partial charge in [-0.1, -0.05) is 19.9 Å². The first-order valence-electron chi connectivity index (χ1n) is 8.44. The van der Waals surface area contributed by atoms with Crippen molar-refractivity contribution in [2.75, 3.05) is 18.0 Å². The largest absolute Gasteiger partial charge is 0.362 e. The van der Waals surface area contributed by atoms with Crippen LogP contribution in [0.1, 0.15) is 43.9 Å². The second kappa shape index (κ2) is 7.16. The molecule has 0 fully saturated rings. The molecule has 23 heavy (non-hydrogen) atoms. The number of Topliss-reactive ketones (excluding diaryl/α,β-unsaturated/α-hetero) is 1. The van der Waals surface area contributed by atoms with Gasteiger partial charge in [0, 0.05) is 12.2 Å². The van der Waals surface area contributed by atoms with Gasteiger partial charge in [0.05, 0.1) is 12.6 Å². The summed E-state index contributed by atoms with van der Waals surface area (Å²) < 4.78 is 0. The molecule has 4 heteroatoms. The van der Waals surface area contributed by atoms with Crippen LogP contribution < -0.4 is 10.2 Å². The van der Waals surface area contributed by atoms with Crippen molar-refractivity contribution in [3.8, 4) is 0 Å². The Bertz CT molecular complexity index is 608. The van der Waals surface area contributed by atoms with Crippen LogP contribution in [-0.4, -0.2) is 30.8 Å². The number of rotatable bonds is 5. The van der Waals surface area contributed by atoms with Crippen molar-refractivity contribution in [1.29, 1.82) is 0 Å². The molecule has 1 aromatic rings. The average Bonchev–Trinajstić information content (AvgIpc) is 2.45. The molecule has 0 bridgehead atoms. The quantitative estimate of drug-likeness (QED) is 0.909. The van der Waals surface area contributed by atoms with Crippen LogP contribution in [0.5, 0.6) is 0 Å². The average molecular weight is 316 g/mol. The van der Waals surface area contributed by atoms with Gasteiger partial charge in [0.2, 0.25) is 5.91 Å². The minimum Gasteiger partial charge on any atom is -0.362 e. The molecule has 0 saturated carbocycles. The minimum absolute atomic E-state index is 0.0130. The SMILES string of the molecule is CC(=O)[C@@H](NC(=O)CN1CCCc2c(C)cc(C)cc21)C(C)C. The first-order chi connectivity index (χ1) is 10.8. The number of nitrogens with one attached hydrogen (secondary N) is 1. The number of amides is 1. The van der Waals surface area contributed by atoms with Gasteiger partial charge in [-0.15, -0.1) is 0 Å². The number of fused-ring (bicyclic) bond motifs is 1. The van der Waals surface area contributed by atoms with E-state index in [1.165, 1.54) is 29.3 Å². The van der Waals surface area contributed by atoms with Crippen LogP contribution >= 0.6 is 0 Å². The highest BCUT2D eigenvalue weighted by Gasteiger charge is 2.24. The van der Waals surface area contributed by atoms with Gasteiger partial charge in [0.25, 0.3) is 0 Å². The lowest BCUT2D eigenvalue weighted by molar-refractivity contribution is -0.127. The molecule has 126 valence electrons. The molecular weight excluding hydrogens is 288 g/mol. The summed E-state index contributed by atoms with van der Waals surface area (Å²) in [5.74, 6) is 0.0413. The van der Waals surface area contributed by atoms with Gasteiger partial charge in [0.15, 0.2) is 5.78 Å². The number of benzene rings is 1. The molecule has 4 nitrogen and oxygen atoms in total. The van der Waals surface area contributed by atoms with E-state index in [2.05, 4.69) is 36.2 Å². The van der Waals surface area contributed by atoms with Crippen molar-refractivity contribution in [2.45, 2.75) is 53.5 Å². The Balaban J connectivity index is 2.13. The van der Waals surface area contributed by atoms with E-state index in [1.54, 1.807) is 0 Å². The van der Waals surface area contributed by atoms with Crippen LogP contribution in [-0.2, 0) is 16.0 Å². The summed E-state index contributed by atoms with van der Waals surface area (Å²) in [6.45, 7) is 10.9. The van der Waals surface area contributed by atoms with Crippen LogP contribution in [0.25, 0.3) is 0 Å². The molecule has 0 aliphatic carbocycles. The molecule has 1 aliphatic rings. The van der Waals surface area contributed by atoms with Crippen LogP contribution in [0.4, 0.5) is 5.69 Å². The van der Waals surface area contributed by atoms with Crippen LogP contribution in [0.3, 0.4) is 0 Å². The van der Waals surface area contributed by atoms with E-state index < -0.39 is 6.04 Å². The summed E-state index contributed by atoms with van der Waals surface area (Å²) in [6, 6.07) is 3.97. The Labute approximate surface area is 139 Å². The van der Waals surface area contributed by atoms with E-state index in [0.717, 1.165) is 19.4 Å². The number of ketones is 1. The molecule has 0 spiro atoms. The molecule has 1 aliphatic heterocycles. The molecule has 1 heterocycles. The fourth-order valence-corrected chi connectivity index (χ4v) is 3.44. The number of hydrogen-bond donors (Lipinski definition) is 1. The van der Waals surface area contributed by atoms with Gasteiger partial charge in [-0.05, 0) is 62.3 Å². The third-order valence-corrected chi connectivity index (χ3v) is 4.54. The van der Waals surface area contributed by atoms with Crippen molar-refractivity contribution < 1.29 is 9.59 Å². The smallest absolute Gasteiger partial charge is 0.240 e. The van der Waals surface area contributed by atoms with E-state index in [1.807, 2.05) is 13.8 Å². The van der Waals surface area contributed by atoms with Crippen LogP contribution in [0.15, 0.2) is 12.1 Å². The summed E-state index contributed by atoms with van der Waals surface area (Å²) in [6.07, 6.45) is 2.13. The second-order valence-corrected chi connectivity index (χ2v) is 7.00. The standard InChI is InChI=1S/C19H28N2O2/c1-12(2)19(15(5)22)20-18(23)11-21-8-6-7-16-14(4)9-13(3)10-17(16)21/h9-10,12,19H,6-8,11H2,1-5H3,(H,20,23)/t19-/m0/s1. The summed E-state index contributed by atoms with van der Waals surface area (Å²) in [5.41, 5.74) is 5.04. The number of carbonyl (C=O) groups is 2. The topological polar surface area (TPSA) is 49.4 Å². The predicted molar refractivity (Wildman–Crippen MR) is 93.9 cm³/mol. The zero-order chi connectivity index (χ0) is 17.1. The maximum atomic E-state index is 12.4. The molecule has 1 amide bonds. The Hall–Kier alpha value is -1.84. The van der Waals surface area contributed by atoms with E-state index in [4.69, 9.17) is 0 Å². The Morgan fingerprint density at radius 3 is 2.57 bits per heavy atom. The highest BCUT2D eigenvalue weighted by atomic mass is 16.2. The van der Waals surface area contributed by atoms with Crippen molar-refractivity contribution in [2.24, 2.45) is 5.92 Å².